The highest BCUT2D eigenvalue weighted by Crippen LogP contribution is 2.27. The summed E-state index contributed by atoms with van der Waals surface area (Å²) in [4.78, 5) is 10.2. The van der Waals surface area contributed by atoms with Crippen LogP contribution in [0, 0.1) is 0 Å². The lowest BCUT2D eigenvalue weighted by Crippen LogP contribution is -2.07. The van der Waals surface area contributed by atoms with E-state index in [0.29, 0.717) is 6.04 Å². The summed E-state index contributed by atoms with van der Waals surface area (Å²) in [7, 11) is 0. The third-order valence-electron chi connectivity index (χ3n) is 1.85. The van der Waals surface area contributed by atoms with Gasteiger partial charge in [-0.15, -0.1) is 33.2 Å². The van der Waals surface area contributed by atoms with Crippen LogP contribution in [0.5, 0.6) is 0 Å². The zero-order chi connectivity index (χ0) is 11.0. The van der Waals surface area contributed by atoms with E-state index >= 15 is 0 Å². The summed E-state index contributed by atoms with van der Waals surface area (Å²) < 4.78 is 0. The van der Waals surface area contributed by atoms with Crippen molar-refractivity contribution >= 4 is 45.2 Å². The Morgan fingerprint density at radius 2 is 1.50 bits per heavy atom. The van der Waals surface area contributed by atoms with E-state index in [1.807, 2.05) is 0 Å². The molecular weight excluding hydrogens is 263 g/mol. The number of carboxylic acids is 1. The van der Waals surface area contributed by atoms with Gasteiger partial charge < -0.3 is 5.11 Å². The smallest absolute Gasteiger partial charge is 0.341 e. The quantitative estimate of drug-likeness (QED) is 0.412. The second kappa shape index (κ2) is 7.80. The molecule has 6 heteroatoms. The molecule has 0 aliphatic heterocycles. The fourth-order valence-electron chi connectivity index (χ4n) is 1.13. The Morgan fingerprint density at radius 1 is 1.00 bits per heavy atom. The van der Waals surface area contributed by atoms with Gasteiger partial charge in [0.05, 0.1) is 0 Å². The molecule has 14 heavy (non-hydrogen) atoms. The predicted molar refractivity (Wildman–Crippen MR) is 63.5 cm³/mol. The summed E-state index contributed by atoms with van der Waals surface area (Å²) in [6.45, 7) is 0. The van der Waals surface area contributed by atoms with Crippen LogP contribution >= 0.6 is 33.2 Å². The van der Waals surface area contributed by atoms with Crippen molar-refractivity contribution in [2.24, 2.45) is 0 Å². The minimum absolute atomic E-state index is 0.263. The van der Waals surface area contributed by atoms with Crippen molar-refractivity contribution in [2.45, 2.75) is 44.6 Å². The van der Waals surface area contributed by atoms with E-state index in [4.69, 9.17) is 38.3 Å². The molecule has 84 valence electrons. The zero-order valence-corrected chi connectivity index (χ0v) is 11.2. The van der Waals surface area contributed by atoms with Crippen LogP contribution in [0.3, 0.4) is 0 Å². The summed E-state index contributed by atoms with van der Waals surface area (Å²) in [6.07, 6.45) is 4.96. The highest BCUT2D eigenvalue weighted by molar-refractivity contribution is 7.64. The molecule has 0 aromatic heterocycles. The number of rotatable bonds is 8. The minimum Gasteiger partial charge on any atom is -0.481 e. The summed E-state index contributed by atoms with van der Waals surface area (Å²) in [5, 5.41) is 8.38. The normalized spacial score (nSPS) is 11.6. The summed E-state index contributed by atoms with van der Waals surface area (Å²) in [5.74, 6) is -0.723. The van der Waals surface area contributed by atoms with Crippen molar-refractivity contribution < 1.29 is 9.90 Å². The molecule has 0 aliphatic carbocycles. The van der Waals surface area contributed by atoms with Crippen molar-refractivity contribution in [3.63, 3.8) is 0 Å². The Kier molecular flexibility index (Phi) is 8.11. The number of unbranched alkanes of at least 4 members (excludes halogenated alkanes) is 4. The minimum atomic E-state index is -2.42. The summed E-state index contributed by atoms with van der Waals surface area (Å²) >= 11 is 17.1. The van der Waals surface area contributed by atoms with E-state index in [9.17, 15) is 4.79 Å². The van der Waals surface area contributed by atoms with E-state index < -0.39 is 12.0 Å². The van der Waals surface area contributed by atoms with Gasteiger partial charge in [-0.2, -0.15) is 0 Å². The average Bonchev–Trinajstić information content (AvgIpc) is 2.00. The van der Waals surface area contributed by atoms with Crippen LogP contribution in [0.4, 0.5) is 0 Å². The maximum atomic E-state index is 10.2. The zero-order valence-electron chi connectivity index (χ0n) is 7.94. The first-order valence-corrected chi connectivity index (χ1v) is 9.94. The Morgan fingerprint density at radius 3 is 2.00 bits per heavy atom. The molecule has 0 spiro atoms. The third-order valence-corrected chi connectivity index (χ3v) is 4.47. The molecule has 0 fully saturated rings. The second-order valence-corrected chi connectivity index (χ2v) is 12.6. The third kappa shape index (κ3) is 12.6. The Labute approximate surface area is 99.7 Å². The number of carboxylic acid groups (broad SMARTS) is 1. The van der Waals surface area contributed by atoms with Gasteiger partial charge >= 0.3 is 12.0 Å². The SMILES string of the molecule is O=C(O)CCCCCCC[Si](Cl)(Cl)Cl. The Balaban J connectivity index is 3.11. The van der Waals surface area contributed by atoms with Crippen molar-refractivity contribution in [3.8, 4) is 0 Å². The van der Waals surface area contributed by atoms with Gasteiger partial charge in [-0.25, -0.2) is 0 Å². The Bertz CT molecular complexity index is 170. The van der Waals surface area contributed by atoms with Crippen LogP contribution in [0.1, 0.15) is 38.5 Å². The molecule has 1 N–H and O–H groups in total. The lowest BCUT2D eigenvalue weighted by Gasteiger charge is -2.06. The first-order valence-electron chi connectivity index (χ1n) is 4.70. The molecule has 2 nitrogen and oxygen atoms in total. The number of halogens is 3. The molecule has 0 aromatic rings. The van der Waals surface area contributed by atoms with Crippen molar-refractivity contribution in [1.29, 1.82) is 0 Å². The number of carbonyl (C=O) groups is 1. The fraction of sp³-hybridized carbons (Fsp3) is 0.875. The predicted octanol–water partition coefficient (Wildman–Crippen LogP) is 4.07. The fourth-order valence-corrected chi connectivity index (χ4v) is 2.99. The molecule has 0 unspecified atom stereocenters. The highest BCUT2D eigenvalue weighted by Gasteiger charge is 2.23. The maximum Gasteiger partial charge on any atom is 0.341 e. The topological polar surface area (TPSA) is 37.3 Å². The van der Waals surface area contributed by atoms with Crippen LogP contribution < -0.4 is 0 Å². The molecule has 0 aliphatic rings. The van der Waals surface area contributed by atoms with Gasteiger partial charge in [0.15, 0.2) is 0 Å². The molecular formula is C8H15Cl3O2Si. The lowest BCUT2D eigenvalue weighted by atomic mass is 10.1. The molecule has 0 atom stereocenters. The van der Waals surface area contributed by atoms with Gasteiger partial charge in [0, 0.05) is 6.42 Å². The van der Waals surface area contributed by atoms with Crippen molar-refractivity contribution in [3.05, 3.63) is 0 Å². The van der Waals surface area contributed by atoms with Gasteiger partial charge in [0.2, 0.25) is 0 Å². The first kappa shape index (κ1) is 14.6. The van der Waals surface area contributed by atoms with E-state index in [0.717, 1.165) is 32.1 Å². The molecule has 0 heterocycles. The highest BCUT2D eigenvalue weighted by atomic mass is 35.8. The van der Waals surface area contributed by atoms with Gasteiger partial charge in [0.1, 0.15) is 0 Å². The van der Waals surface area contributed by atoms with Crippen LogP contribution in [0.15, 0.2) is 0 Å². The molecule has 0 radical (unpaired) electrons. The van der Waals surface area contributed by atoms with E-state index in [2.05, 4.69) is 0 Å². The van der Waals surface area contributed by atoms with E-state index in [-0.39, 0.29) is 6.42 Å². The van der Waals surface area contributed by atoms with Gasteiger partial charge in [0.25, 0.3) is 0 Å². The van der Waals surface area contributed by atoms with Gasteiger partial charge in [-0.3, -0.25) is 4.79 Å². The molecule has 0 bridgehead atoms. The number of aliphatic carboxylic acids is 1. The van der Waals surface area contributed by atoms with Crippen LogP contribution in [0.25, 0.3) is 0 Å². The molecule has 0 rings (SSSR count). The lowest BCUT2D eigenvalue weighted by molar-refractivity contribution is -0.137. The molecule has 0 saturated carbocycles. The van der Waals surface area contributed by atoms with Gasteiger partial charge in [-0.05, 0) is 12.5 Å². The molecule has 0 aromatic carbocycles. The van der Waals surface area contributed by atoms with Crippen molar-refractivity contribution in [2.75, 3.05) is 0 Å². The van der Waals surface area contributed by atoms with Crippen molar-refractivity contribution in [1.82, 2.24) is 0 Å². The number of hydrogen-bond donors (Lipinski definition) is 1. The van der Waals surface area contributed by atoms with Crippen LogP contribution in [0.2, 0.25) is 6.04 Å². The van der Waals surface area contributed by atoms with Gasteiger partial charge in [-0.1, -0.05) is 25.7 Å². The molecule has 0 amide bonds. The number of hydrogen-bond acceptors (Lipinski definition) is 1. The largest absolute Gasteiger partial charge is 0.481 e. The maximum absolute atomic E-state index is 10.2. The second-order valence-electron chi connectivity index (χ2n) is 3.28. The average molecular weight is 278 g/mol. The van der Waals surface area contributed by atoms with Crippen LogP contribution in [-0.4, -0.2) is 17.1 Å². The summed E-state index contributed by atoms with van der Waals surface area (Å²) in [5.41, 5.74) is 0. The van der Waals surface area contributed by atoms with E-state index in [1.165, 1.54) is 0 Å². The monoisotopic (exact) mass is 276 g/mol. The standard InChI is InChI=1S/C8H15Cl3O2Si/c9-14(10,11)7-5-3-1-2-4-6-8(12)13/h1-7H2,(H,12,13). The first-order chi connectivity index (χ1) is 6.42. The molecule has 0 saturated heterocycles. The van der Waals surface area contributed by atoms with Crippen LogP contribution in [-0.2, 0) is 4.79 Å². The van der Waals surface area contributed by atoms with E-state index in [1.54, 1.807) is 0 Å². The summed E-state index contributed by atoms with van der Waals surface area (Å²) in [6, 6.07) is -1.72. The Hall–Kier alpha value is 0.557.